The largest absolute Gasteiger partial charge is 0.497 e. The van der Waals surface area contributed by atoms with Gasteiger partial charge < -0.3 is 14.8 Å². The molecule has 2 rings (SSSR count). The van der Waals surface area contributed by atoms with Crippen molar-refractivity contribution in [3.63, 3.8) is 0 Å². The van der Waals surface area contributed by atoms with E-state index in [4.69, 9.17) is 21.1 Å². The Kier molecular flexibility index (Phi) is 3.56. The summed E-state index contributed by atoms with van der Waals surface area (Å²) in [6.45, 7) is 2.87. The van der Waals surface area contributed by atoms with E-state index in [1.807, 2.05) is 18.2 Å². The fourth-order valence-electron chi connectivity index (χ4n) is 1.86. The van der Waals surface area contributed by atoms with E-state index in [9.17, 15) is 0 Å². The second kappa shape index (κ2) is 4.93. The van der Waals surface area contributed by atoms with Crippen LogP contribution in [0.1, 0.15) is 13.3 Å². The Morgan fingerprint density at radius 3 is 2.94 bits per heavy atom. The molecule has 1 N–H and O–H groups in total. The first-order chi connectivity index (χ1) is 7.70. The van der Waals surface area contributed by atoms with Crippen LogP contribution in [-0.4, -0.2) is 25.9 Å². The lowest BCUT2D eigenvalue weighted by molar-refractivity contribution is 0.121. The quantitative estimate of drug-likeness (QED) is 0.883. The standard InChI is InChI=1S/C12H16ClNO2/c1-8-11(5-6-16-8)14-12-7-9(15-2)3-4-10(12)13/h3-4,7-8,11,14H,5-6H2,1-2H3. The first-order valence-corrected chi connectivity index (χ1v) is 5.80. The van der Waals surface area contributed by atoms with E-state index >= 15 is 0 Å². The molecule has 3 nitrogen and oxygen atoms in total. The predicted molar refractivity (Wildman–Crippen MR) is 65.4 cm³/mol. The van der Waals surface area contributed by atoms with E-state index in [1.165, 1.54) is 0 Å². The molecular weight excluding hydrogens is 226 g/mol. The van der Waals surface area contributed by atoms with Crippen molar-refractivity contribution < 1.29 is 9.47 Å². The molecule has 88 valence electrons. The van der Waals surface area contributed by atoms with Gasteiger partial charge in [-0.1, -0.05) is 11.6 Å². The number of hydrogen-bond donors (Lipinski definition) is 1. The third-order valence-corrected chi connectivity index (χ3v) is 3.22. The van der Waals surface area contributed by atoms with E-state index in [0.717, 1.165) is 24.5 Å². The molecule has 2 atom stereocenters. The first kappa shape index (κ1) is 11.6. The van der Waals surface area contributed by atoms with E-state index < -0.39 is 0 Å². The zero-order chi connectivity index (χ0) is 11.5. The average Bonchev–Trinajstić information content (AvgIpc) is 2.68. The van der Waals surface area contributed by atoms with Crippen molar-refractivity contribution in [1.82, 2.24) is 0 Å². The van der Waals surface area contributed by atoms with Crippen molar-refractivity contribution in [2.75, 3.05) is 19.0 Å². The first-order valence-electron chi connectivity index (χ1n) is 5.42. The lowest BCUT2D eigenvalue weighted by Gasteiger charge is -2.18. The molecule has 0 saturated carbocycles. The summed E-state index contributed by atoms with van der Waals surface area (Å²) in [5.74, 6) is 0.804. The van der Waals surface area contributed by atoms with E-state index in [2.05, 4.69) is 12.2 Å². The monoisotopic (exact) mass is 241 g/mol. The fourth-order valence-corrected chi connectivity index (χ4v) is 2.04. The molecule has 1 aliphatic heterocycles. The van der Waals surface area contributed by atoms with Crippen molar-refractivity contribution in [1.29, 1.82) is 0 Å². The number of hydrogen-bond acceptors (Lipinski definition) is 3. The average molecular weight is 242 g/mol. The Bertz CT molecular complexity index is 370. The second-order valence-corrected chi connectivity index (χ2v) is 4.37. The van der Waals surface area contributed by atoms with Gasteiger partial charge in [-0.05, 0) is 25.5 Å². The van der Waals surface area contributed by atoms with Crippen LogP contribution in [0.3, 0.4) is 0 Å². The topological polar surface area (TPSA) is 30.5 Å². The maximum Gasteiger partial charge on any atom is 0.121 e. The van der Waals surface area contributed by atoms with Crippen LogP contribution in [0.4, 0.5) is 5.69 Å². The molecule has 4 heteroatoms. The molecule has 0 spiro atoms. The summed E-state index contributed by atoms with van der Waals surface area (Å²) in [6, 6.07) is 5.92. The van der Waals surface area contributed by atoms with Crippen LogP contribution >= 0.6 is 11.6 Å². The summed E-state index contributed by atoms with van der Waals surface area (Å²) >= 11 is 6.12. The molecule has 1 aliphatic rings. The summed E-state index contributed by atoms with van der Waals surface area (Å²) in [5.41, 5.74) is 0.906. The van der Waals surface area contributed by atoms with Crippen molar-refractivity contribution >= 4 is 17.3 Å². The minimum atomic E-state index is 0.224. The summed E-state index contributed by atoms with van der Waals surface area (Å²) in [6.07, 6.45) is 1.23. The van der Waals surface area contributed by atoms with Crippen molar-refractivity contribution in [2.24, 2.45) is 0 Å². The minimum absolute atomic E-state index is 0.224. The molecule has 0 bridgehead atoms. The van der Waals surface area contributed by atoms with Crippen molar-refractivity contribution in [2.45, 2.75) is 25.5 Å². The Morgan fingerprint density at radius 2 is 2.31 bits per heavy atom. The van der Waals surface area contributed by atoms with Crippen molar-refractivity contribution in [3.8, 4) is 5.75 Å². The van der Waals surface area contributed by atoms with Gasteiger partial charge in [0.1, 0.15) is 5.75 Å². The van der Waals surface area contributed by atoms with Gasteiger partial charge in [0, 0.05) is 12.7 Å². The summed E-state index contributed by atoms with van der Waals surface area (Å²) in [7, 11) is 1.65. The maximum atomic E-state index is 6.12. The van der Waals surface area contributed by atoms with Crippen molar-refractivity contribution in [3.05, 3.63) is 23.2 Å². The molecule has 0 amide bonds. The van der Waals surface area contributed by atoms with Gasteiger partial charge in [0.2, 0.25) is 0 Å². The molecule has 1 fully saturated rings. The highest BCUT2D eigenvalue weighted by atomic mass is 35.5. The highest BCUT2D eigenvalue weighted by molar-refractivity contribution is 6.33. The van der Waals surface area contributed by atoms with Gasteiger partial charge in [0.15, 0.2) is 0 Å². The van der Waals surface area contributed by atoms with Gasteiger partial charge in [0.25, 0.3) is 0 Å². The van der Waals surface area contributed by atoms with Crippen LogP contribution < -0.4 is 10.1 Å². The van der Waals surface area contributed by atoms with Crippen LogP contribution in [0.2, 0.25) is 5.02 Å². The van der Waals surface area contributed by atoms with Gasteiger partial charge >= 0.3 is 0 Å². The van der Waals surface area contributed by atoms with Gasteiger partial charge in [-0.2, -0.15) is 0 Å². The predicted octanol–water partition coefficient (Wildman–Crippen LogP) is 2.94. The molecule has 1 aromatic rings. The lowest BCUT2D eigenvalue weighted by atomic mass is 10.1. The molecule has 0 aromatic heterocycles. The third kappa shape index (κ3) is 2.42. The number of nitrogens with one attached hydrogen (secondary N) is 1. The SMILES string of the molecule is COc1ccc(Cl)c(NC2CCOC2C)c1. The van der Waals surface area contributed by atoms with Crippen LogP contribution in [0, 0.1) is 0 Å². The highest BCUT2D eigenvalue weighted by Gasteiger charge is 2.24. The number of ether oxygens (including phenoxy) is 2. The molecule has 1 saturated heterocycles. The number of benzene rings is 1. The minimum Gasteiger partial charge on any atom is -0.497 e. The molecule has 1 aromatic carbocycles. The summed E-state index contributed by atoms with van der Waals surface area (Å²) < 4.78 is 10.7. The second-order valence-electron chi connectivity index (χ2n) is 3.96. The number of rotatable bonds is 3. The smallest absolute Gasteiger partial charge is 0.121 e. The van der Waals surface area contributed by atoms with Gasteiger partial charge in [-0.25, -0.2) is 0 Å². The Balaban J connectivity index is 2.13. The number of methoxy groups -OCH3 is 1. The van der Waals surface area contributed by atoms with E-state index in [-0.39, 0.29) is 6.10 Å². The molecule has 2 unspecified atom stereocenters. The Labute approximate surface area is 101 Å². The molecule has 1 heterocycles. The Morgan fingerprint density at radius 1 is 1.50 bits per heavy atom. The van der Waals surface area contributed by atoms with Crippen LogP contribution in [-0.2, 0) is 4.74 Å². The van der Waals surface area contributed by atoms with Gasteiger partial charge in [0.05, 0.1) is 30.0 Å². The zero-order valence-electron chi connectivity index (χ0n) is 9.50. The Hall–Kier alpha value is -0.930. The van der Waals surface area contributed by atoms with E-state index in [1.54, 1.807) is 7.11 Å². The molecule has 0 aliphatic carbocycles. The molecule has 16 heavy (non-hydrogen) atoms. The fraction of sp³-hybridized carbons (Fsp3) is 0.500. The third-order valence-electron chi connectivity index (χ3n) is 2.89. The van der Waals surface area contributed by atoms with Gasteiger partial charge in [-0.3, -0.25) is 0 Å². The van der Waals surface area contributed by atoms with Crippen LogP contribution in [0.25, 0.3) is 0 Å². The number of anilines is 1. The summed E-state index contributed by atoms with van der Waals surface area (Å²) in [4.78, 5) is 0. The number of halogens is 1. The maximum absolute atomic E-state index is 6.12. The summed E-state index contributed by atoms with van der Waals surface area (Å²) in [5, 5.41) is 4.10. The van der Waals surface area contributed by atoms with Gasteiger partial charge in [-0.15, -0.1) is 0 Å². The normalized spacial score (nSPS) is 24.4. The van der Waals surface area contributed by atoms with Crippen LogP contribution in [0.15, 0.2) is 18.2 Å². The zero-order valence-corrected chi connectivity index (χ0v) is 10.3. The molecule has 0 radical (unpaired) electrons. The lowest BCUT2D eigenvalue weighted by Crippen LogP contribution is -2.26. The molecular formula is C12H16ClNO2. The van der Waals surface area contributed by atoms with E-state index in [0.29, 0.717) is 11.1 Å². The highest BCUT2D eigenvalue weighted by Crippen LogP contribution is 2.29. The van der Waals surface area contributed by atoms with Crippen LogP contribution in [0.5, 0.6) is 5.75 Å².